The third kappa shape index (κ3) is 3.40. The van der Waals surface area contributed by atoms with Gasteiger partial charge in [-0.15, -0.1) is 0 Å². The first kappa shape index (κ1) is 17.3. The van der Waals surface area contributed by atoms with Crippen molar-refractivity contribution < 1.29 is 5.11 Å². The number of anilines is 2. The Hall–Kier alpha value is -2.14. The molecule has 5 nitrogen and oxygen atoms in total. The number of hydrogen-bond acceptors (Lipinski definition) is 5. The number of benzene rings is 1. The molecule has 2 unspecified atom stereocenters. The van der Waals surface area contributed by atoms with E-state index in [9.17, 15) is 5.11 Å². The van der Waals surface area contributed by atoms with Gasteiger partial charge in [-0.2, -0.15) is 0 Å². The Balaban J connectivity index is 1.61. The van der Waals surface area contributed by atoms with Crippen LogP contribution in [0.2, 0.25) is 0 Å². The Morgan fingerprint density at radius 2 is 1.81 bits per heavy atom. The molecule has 2 atom stereocenters. The molecule has 2 aliphatic heterocycles. The van der Waals surface area contributed by atoms with Crippen molar-refractivity contribution in [3.8, 4) is 0 Å². The van der Waals surface area contributed by atoms with Gasteiger partial charge in [-0.25, -0.2) is 9.97 Å². The first-order chi connectivity index (χ1) is 12.8. The fourth-order valence-electron chi connectivity index (χ4n) is 4.41. The summed E-state index contributed by atoms with van der Waals surface area (Å²) in [5.41, 5.74) is 2.67. The standard InChI is InChI=1S/C21H28N4O/c1-16-6-4-7-17(12-16)19-9-5-11-25(19)21-13-20(22-15-23-21)24-10-3-2-8-18(24)14-26/h4,6-7,12-13,15,18-19,26H,2-3,5,8-11,14H2,1H3. The number of aromatic nitrogens is 2. The van der Waals surface area contributed by atoms with E-state index in [1.165, 1.54) is 24.0 Å². The molecule has 138 valence electrons. The average molecular weight is 352 g/mol. The van der Waals surface area contributed by atoms with Crippen LogP contribution in [0.3, 0.4) is 0 Å². The third-order valence-corrected chi connectivity index (χ3v) is 5.74. The average Bonchev–Trinajstić information content (AvgIpc) is 3.18. The molecular formula is C21H28N4O. The summed E-state index contributed by atoms with van der Waals surface area (Å²) >= 11 is 0. The minimum Gasteiger partial charge on any atom is -0.394 e. The first-order valence-corrected chi connectivity index (χ1v) is 9.79. The first-order valence-electron chi connectivity index (χ1n) is 9.79. The molecule has 2 fully saturated rings. The highest BCUT2D eigenvalue weighted by Crippen LogP contribution is 2.36. The lowest BCUT2D eigenvalue weighted by Crippen LogP contribution is -2.42. The van der Waals surface area contributed by atoms with E-state index in [0.717, 1.165) is 44.0 Å². The van der Waals surface area contributed by atoms with Gasteiger partial charge in [-0.3, -0.25) is 0 Å². The molecule has 2 aliphatic rings. The van der Waals surface area contributed by atoms with Crippen molar-refractivity contribution >= 4 is 11.6 Å². The molecule has 1 aromatic heterocycles. The summed E-state index contributed by atoms with van der Waals surface area (Å²) in [5.74, 6) is 1.95. The van der Waals surface area contributed by atoms with Crippen LogP contribution in [0.25, 0.3) is 0 Å². The largest absolute Gasteiger partial charge is 0.394 e. The summed E-state index contributed by atoms with van der Waals surface area (Å²) in [6, 6.07) is 11.5. The van der Waals surface area contributed by atoms with Crippen LogP contribution >= 0.6 is 0 Å². The second-order valence-electron chi connectivity index (χ2n) is 7.53. The van der Waals surface area contributed by atoms with E-state index in [4.69, 9.17) is 0 Å². The van der Waals surface area contributed by atoms with Gasteiger partial charge in [0.25, 0.3) is 0 Å². The number of aliphatic hydroxyl groups excluding tert-OH is 1. The normalized spacial score (nSPS) is 23.5. The molecule has 1 aromatic carbocycles. The lowest BCUT2D eigenvalue weighted by Gasteiger charge is -2.36. The highest BCUT2D eigenvalue weighted by molar-refractivity contribution is 5.53. The lowest BCUT2D eigenvalue weighted by atomic mass is 10.0. The van der Waals surface area contributed by atoms with Crippen molar-refractivity contribution in [2.75, 3.05) is 29.5 Å². The number of nitrogens with zero attached hydrogens (tertiary/aromatic N) is 4. The Labute approximate surface area is 155 Å². The molecule has 1 N–H and O–H groups in total. The fraction of sp³-hybridized carbons (Fsp3) is 0.524. The summed E-state index contributed by atoms with van der Waals surface area (Å²) in [4.78, 5) is 13.8. The van der Waals surface area contributed by atoms with Crippen molar-refractivity contribution in [3.05, 3.63) is 47.8 Å². The van der Waals surface area contributed by atoms with Crippen LogP contribution in [0.4, 0.5) is 11.6 Å². The number of hydrogen-bond donors (Lipinski definition) is 1. The van der Waals surface area contributed by atoms with Crippen LogP contribution in [-0.2, 0) is 0 Å². The minimum atomic E-state index is 0.178. The Bertz CT molecular complexity index is 750. The van der Waals surface area contributed by atoms with Crippen LogP contribution in [-0.4, -0.2) is 40.8 Å². The quantitative estimate of drug-likeness (QED) is 0.913. The van der Waals surface area contributed by atoms with Gasteiger partial charge >= 0.3 is 0 Å². The highest BCUT2D eigenvalue weighted by atomic mass is 16.3. The van der Waals surface area contributed by atoms with Crippen LogP contribution in [0.5, 0.6) is 0 Å². The number of piperidine rings is 1. The summed E-state index contributed by atoms with van der Waals surface area (Å²) in [7, 11) is 0. The third-order valence-electron chi connectivity index (χ3n) is 5.74. The highest BCUT2D eigenvalue weighted by Gasteiger charge is 2.29. The van der Waals surface area contributed by atoms with Crippen LogP contribution in [0.1, 0.15) is 49.3 Å². The van der Waals surface area contributed by atoms with E-state index in [0.29, 0.717) is 6.04 Å². The summed E-state index contributed by atoms with van der Waals surface area (Å²) in [6.45, 7) is 4.33. The Morgan fingerprint density at radius 3 is 2.62 bits per heavy atom. The smallest absolute Gasteiger partial charge is 0.134 e. The van der Waals surface area contributed by atoms with Crippen molar-refractivity contribution in [2.45, 2.75) is 51.1 Å². The van der Waals surface area contributed by atoms with E-state index in [1.807, 2.05) is 0 Å². The number of aryl methyl sites for hydroxylation is 1. The Kier molecular flexibility index (Phi) is 5.07. The van der Waals surface area contributed by atoms with Gasteiger partial charge in [0, 0.05) is 19.2 Å². The molecule has 0 bridgehead atoms. The number of rotatable bonds is 4. The second-order valence-corrected chi connectivity index (χ2v) is 7.53. The lowest BCUT2D eigenvalue weighted by molar-refractivity contribution is 0.239. The number of aliphatic hydroxyl groups is 1. The predicted octanol–water partition coefficient (Wildman–Crippen LogP) is 3.48. The topological polar surface area (TPSA) is 52.5 Å². The van der Waals surface area contributed by atoms with E-state index >= 15 is 0 Å². The van der Waals surface area contributed by atoms with E-state index in [1.54, 1.807) is 6.33 Å². The minimum absolute atomic E-state index is 0.178. The van der Waals surface area contributed by atoms with Crippen LogP contribution in [0.15, 0.2) is 36.7 Å². The molecular weight excluding hydrogens is 324 g/mol. The van der Waals surface area contributed by atoms with Gasteiger partial charge in [0.05, 0.1) is 18.7 Å². The molecule has 0 spiro atoms. The molecule has 3 heterocycles. The van der Waals surface area contributed by atoms with Crippen molar-refractivity contribution in [1.29, 1.82) is 0 Å². The van der Waals surface area contributed by atoms with Gasteiger partial charge in [-0.1, -0.05) is 29.8 Å². The molecule has 0 saturated carbocycles. The van der Waals surface area contributed by atoms with Crippen molar-refractivity contribution in [2.24, 2.45) is 0 Å². The predicted molar refractivity (Wildman–Crippen MR) is 105 cm³/mol. The molecule has 26 heavy (non-hydrogen) atoms. The van der Waals surface area contributed by atoms with Gasteiger partial charge in [0.2, 0.25) is 0 Å². The van der Waals surface area contributed by atoms with Crippen molar-refractivity contribution in [1.82, 2.24) is 9.97 Å². The van der Waals surface area contributed by atoms with Crippen molar-refractivity contribution in [3.63, 3.8) is 0 Å². The molecule has 5 heteroatoms. The van der Waals surface area contributed by atoms with E-state index < -0.39 is 0 Å². The summed E-state index contributed by atoms with van der Waals surface area (Å²) < 4.78 is 0. The van der Waals surface area contributed by atoms with E-state index in [2.05, 4.69) is 57.0 Å². The summed E-state index contributed by atoms with van der Waals surface area (Å²) in [6.07, 6.45) is 7.39. The van der Waals surface area contributed by atoms with E-state index in [-0.39, 0.29) is 12.6 Å². The summed E-state index contributed by atoms with van der Waals surface area (Å²) in [5, 5.41) is 9.72. The second kappa shape index (κ2) is 7.62. The maximum absolute atomic E-state index is 9.72. The van der Waals surface area contributed by atoms with Crippen LogP contribution < -0.4 is 9.80 Å². The SMILES string of the molecule is Cc1cccc(C2CCCN2c2cc(N3CCCCC3CO)ncn2)c1. The van der Waals surface area contributed by atoms with Gasteiger partial charge in [0.1, 0.15) is 18.0 Å². The zero-order valence-corrected chi connectivity index (χ0v) is 15.5. The molecule has 4 rings (SSSR count). The molecule has 0 amide bonds. The molecule has 2 saturated heterocycles. The van der Waals surface area contributed by atoms with Gasteiger partial charge in [0.15, 0.2) is 0 Å². The maximum Gasteiger partial charge on any atom is 0.134 e. The zero-order valence-electron chi connectivity index (χ0n) is 15.5. The molecule has 0 radical (unpaired) electrons. The molecule has 0 aliphatic carbocycles. The van der Waals surface area contributed by atoms with Gasteiger partial charge < -0.3 is 14.9 Å². The maximum atomic E-state index is 9.72. The zero-order chi connectivity index (χ0) is 17.9. The van der Waals surface area contributed by atoms with Crippen LogP contribution in [0, 0.1) is 6.92 Å². The van der Waals surface area contributed by atoms with Gasteiger partial charge in [-0.05, 0) is 44.6 Å². The monoisotopic (exact) mass is 352 g/mol. The Morgan fingerprint density at radius 1 is 1.00 bits per heavy atom. The fourth-order valence-corrected chi connectivity index (χ4v) is 4.41. The molecule has 2 aromatic rings.